The Morgan fingerprint density at radius 1 is 1.89 bits per heavy atom. The fraction of sp³-hybridized carbons (Fsp3) is 0.733. The van der Waals surface area contributed by atoms with Gasteiger partial charge in [0.2, 0.25) is 7.34 Å². The van der Waals surface area contributed by atoms with Crippen LogP contribution in [0.25, 0.3) is 1.43 Å². The standard InChI is InChI=1S/C15H24N4O6S2/c1-6-11-10(7(2)20)14(21)19(11)12(15(22)23)13(6)26-9-3-8(17-5-9)4-18-27(16,24)25/h6-11,17-18,20H,3-5H2,1-2H3,(H,22,23)(H2,16,24,25)/t6-,7-,8+,9-,10-,11-/m1/s1/i1D3,2D3,3D2,4D2,5D2,6D,7D,9D,10D,11D,20D/hD5. The second-order valence-electron chi connectivity index (χ2n) is 4.92. The van der Waals surface area contributed by atoms with Crippen LogP contribution in [0.2, 0.25) is 5.65 Å². The fourth-order valence-corrected chi connectivity index (χ4v) is 3.46. The number of hydrogen-bond acceptors (Lipinski definition) is 8. The van der Waals surface area contributed by atoms with Crippen molar-refractivity contribution in [2.24, 2.45) is 16.9 Å². The number of aliphatic carboxylic acids is 1. The summed E-state index contributed by atoms with van der Waals surface area (Å²) < 4.78 is 209. The molecule has 3 rings (SSSR count). The van der Waals surface area contributed by atoms with E-state index in [9.17, 15) is 18.0 Å². The lowest BCUT2D eigenvalue weighted by Gasteiger charge is -2.46. The van der Waals surface area contributed by atoms with Crippen LogP contribution in [-0.4, -0.2) is 73.2 Å². The molecule has 6 N–H and O–H groups in total. The van der Waals surface area contributed by atoms with Crippen molar-refractivity contribution in [3.05, 3.63) is 10.6 Å². The summed E-state index contributed by atoms with van der Waals surface area (Å²) in [7, 11) is -5.82. The Morgan fingerprint density at radius 2 is 2.74 bits per heavy atom. The molecule has 1 amide bonds. The smallest absolute Gasteiger partial charge is 0.353 e. The molecule has 0 saturated carbocycles. The van der Waals surface area contributed by atoms with Crippen molar-refractivity contribution in [3.63, 3.8) is 0 Å². The van der Waals surface area contributed by atoms with Crippen molar-refractivity contribution < 1.29 is 57.2 Å². The number of β-lactam (4-membered cyclic amide) rings is 1. The zero-order valence-electron chi connectivity index (χ0n) is 35.6. The Balaban J connectivity index is 2.46. The molecule has 0 spiro atoms. The number of carbonyl (C=O) groups is 2. The van der Waals surface area contributed by atoms with Crippen LogP contribution in [0, 0.1) is 11.8 Å². The van der Waals surface area contributed by atoms with Crippen molar-refractivity contribution in [2.75, 3.05) is 13.0 Å². The summed E-state index contributed by atoms with van der Waals surface area (Å²) >= 11 is -0.924. The lowest BCUT2D eigenvalue weighted by atomic mass is 9.79. The molecule has 0 radical (unpaired) electrons. The van der Waals surface area contributed by atoms with Gasteiger partial charge in [-0.25, -0.2) is 14.6 Å². The van der Waals surface area contributed by atoms with Gasteiger partial charge in [0.25, 0.3) is 11.6 Å². The Kier molecular flexibility index (Phi) is 1.67. The summed E-state index contributed by atoms with van der Waals surface area (Å²) in [5.41, 5.74) is -1.78. The molecule has 3 aliphatic rings. The van der Waals surface area contributed by atoms with Gasteiger partial charge in [0.1, 0.15) is 11.3 Å². The van der Waals surface area contributed by atoms with Gasteiger partial charge in [-0.05, 0) is 13.2 Å². The van der Waals surface area contributed by atoms with Crippen molar-refractivity contribution >= 4 is 33.8 Å². The van der Waals surface area contributed by atoms with Crippen LogP contribution in [0.4, 0.5) is 0 Å². The number of thioether (sulfide) groups is 1. The van der Waals surface area contributed by atoms with Gasteiger partial charge in [0.05, 0.1) is 20.7 Å². The van der Waals surface area contributed by atoms with Gasteiger partial charge >= 0.3 is 5.97 Å². The quantitative estimate of drug-likeness (QED) is 0.266. The second kappa shape index (κ2) is 7.33. The third-order valence-electron chi connectivity index (χ3n) is 3.26. The summed E-state index contributed by atoms with van der Waals surface area (Å²) in [6.45, 7) is -16.6. The number of nitrogens with one attached hydrogen (secondary N) is 2. The maximum absolute atomic E-state index is 13.5. The molecule has 3 heterocycles. The van der Waals surface area contributed by atoms with Crippen LogP contribution >= 0.6 is 11.8 Å². The summed E-state index contributed by atoms with van der Waals surface area (Å²) in [5.74, 6) is -12.9. The van der Waals surface area contributed by atoms with Gasteiger partial charge < -0.3 is 20.4 Å². The van der Waals surface area contributed by atoms with E-state index in [0.717, 1.165) is 0 Å². The number of nitrogens with two attached hydrogens (primary N) is 1. The average molecular weight is 444 g/mol. The third-order valence-corrected chi connectivity index (χ3v) is 4.61. The average Bonchev–Trinajstić information content (AvgIpc) is 3.22. The summed E-state index contributed by atoms with van der Waals surface area (Å²) in [4.78, 5) is 24.3. The zero-order valence-corrected chi connectivity index (χ0v) is 14.3. The molecular formula is C15H24N4O6S2. The molecule has 0 aromatic carbocycles. The van der Waals surface area contributed by atoms with Crippen LogP contribution in [0.3, 0.4) is 0 Å². The lowest BCUT2D eigenvalue weighted by molar-refractivity contribution is -0.163. The summed E-state index contributed by atoms with van der Waals surface area (Å²) in [5, 5.41) is 1.62. The van der Waals surface area contributed by atoms with E-state index in [1.165, 1.54) is 0 Å². The van der Waals surface area contributed by atoms with Gasteiger partial charge in [0.15, 0.2) is 0 Å². The first-order valence-electron chi connectivity index (χ1n) is 17.7. The number of hydrogen-bond donors (Lipinski definition) is 5. The molecule has 152 valence electrons. The SMILES string of the molecule is [2H]OC(=O)C1=C(S[C@]2([2H])C([2H])([2H])[C@@H](C([2H])([2H])N([2H])S(=O)(=O)N([2H])[2H])N([2H])C2([2H])[2H])[C@]([2H])(C([2H])([2H])[2H])[C@@]2([2H])N1C(=O)[C@]2([2H])[C@]([2H])(O[2H])C([2H])([2H])[2H]. The highest BCUT2D eigenvalue weighted by Gasteiger charge is 2.60. The predicted molar refractivity (Wildman–Crippen MR) is 98.5 cm³/mol. The number of aliphatic hydroxyl groups is 1. The topological polar surface area (TPSA) is 162 Å². The Labute approximate surface area is 194 Å². The van der Waals surface area contributed by atoms with Gasteiger partial charge in [-0.3, -0.25) is 4.79 Å². The monoisotopic (exact) mass is 443 g/mol. The van der Waals surface area contributed by atoms with E-state index >= 15 is 0 Å². The Bertz CT molecular complexity index is 1610. The molecule has 12 heteroatoms. The first-order chi connectivity index (χ1) is 21.9. The zero-order chi connectivity index (χ0) is 39.8. The third kappa shape index (κ3) is 3.87. The minimum absolute atomic E-state index is 0.430. The number of carboxylic acids is 1. The summed E-state index contributed by atoms with van der Waals surface area (Å²) in [6, 6.07) is -7.44. The van der Waals surface area contributed by atoms with Crippen molar-refractivity contribution in [3.8, 4) is 0 Å². The maximum atomic E-state index is 13.5. The lowest BCUT2D eigenvalue weighted by Crippen LogP contribution is -2.63. The highest BCUT2D eigenvalue weighted by molar-refractivity contribution is 8.03. The molecule has 0 unspecified atom stereocenters. The molecular weight excluding hydrogens is 396 g/mol. The van der Waals surface area contributed by atoms with E-state index in [1.807, 2.05) is 0 Å². The van der Waals surface area contributed by atoms with Gasteiger partial charge in [0, 0.05) is 55.6 Å². The molecule has 0 aliphatic carbocycles. The first kappa shape index (κ1) is 6.16. The fourth-order valence-electron chi connectivity index (χ4n) is 2.28. The van der Waals surface area contributed by atoms with Gasteiger partial charge in [-0.2, -0.15) is 8.42 Å². The number of carbonyl (C=O) groups excluding carboxylic acids is 1. The molecule has 6 atom stereocenters. The van der Waals surface area contributed by atoms with E-state index < -0.39 is 133 Å². The molecule has 0 aromatic rings. The van der Waals surface area contributed by atoms with E-state index in [4.69, 9.17) is 31.8 Å². The highest BCUT2D eigenvalue weighted by Crippen LogP contribution is 2.51. The van der Waals surface area contributed by atoms with Crippen LogP contribution < -0.4 is 15.1 Å². The second-order valence-corrected chi connectivity index (χ2v) is 7.02. The summed E-state index contributed by atoms with van der Waals surface area (Å²) in [6.07, 6.45) is -8.41. The normalized spacial score (nSPS) is 65.1. The first-order valence-corrected chi connectivity index (χ1v) is 8.84. The van der Waals surface area contributed by atoms with Crippen molar-refractivity contribution in [1.29, 1.82) is 2.86 Å². The van der Waals surface area contributed by atoms with Gasteiger partial charge in [-0.1, -0.05) is 6.85 Å². The number of fused-ring (bicyclic) bond motifs is 1. The number of rotatable bonds is 9. The van der Waals surface area contributed by atoms with Crippen LogP contribution in [0.1, 0.15) is 43.4 Å². The molecule has 10 nitrogen and oxygen atoms in total. The van der Waals surface area contributed by atoms with Crippen molar-refractivity contribution in [2.45, 2.75) is 43.4 Å². The minimum Gasteiger partial charge on any atom is -0.477 e. The molecule has 27 heavy (non-hydrogen) atoms. The number of amides is 1. The van der Waals surface area contributed by atoms with E-state index in [2.05, 4.69) is 10.2 Å². The van der Waals surface area contributed by atoms with Gasteiger partial charge in [-0.15, -0.1) is 11.8 Å². The van der Waals surface area contributed by atoms with Crippen LogP contribution in [-0.2, 0) is 19.8 Å². The van der Waals surface area contributed by atoms with Crippen LogP contribution in [0.5, 0.6) is 0 Å². The van der Waals surface area contributed by atoms with Crippen molar-refractivity contribution in [1.82, 2.24) is 14.9 Å². The Hall–Kier alpha value is -1.18. The molecule has 2 fully saturated rings. The molecule has 0 bridgehead atoms. The molecule has 2 saturated heterocycles. The molecule has 3 aliphatic heterocycles. The van der Waals surface area contributed by atoms with Crippen LogP contribution in [0.15, 0.2) is 10.6 Å². The number of nitrogens with zero attached hydrogens (tertiary/aromatic N) is 1. The van der Waals surface area contributed by atoms with E-state index in [-0.39, 0.29) is 0 Å². The minimum atomic E-state index is -5.82. The largest absolute Gasteiger partial charge is 0.477 e. The predicted octanol–water partition coefficient (Wildman–Crippen LogP) is -1.60. The highest BCUT2D eigenvalue weighted by atomic mass is 32.2. The van der Waals surface area contributed by atoms with E-state index in [1.54, 1.807) is 0 Å². The molecule has 0 aromatic heterocycles. The van der Waals surface area contributed by atoms with E-state index in [0.29, 0.717) is 0 Å². The maximum Gasteiger partial charge on any atom is 0.353 e. The number of carboxylic acid groups (broad SMARTS) is 1. The Morgan fingerprint density at radius 3 is 3.41 bits per heavy atom.